The molecule has 1 aliphatic rings. The first kappa shape index (κ1) is 12.5. The number of nitrogens with zero attached hydrogens (tertiary/aromatic N) is 1. The van der Waals surface area contributed by atoms with Gasteiger partial charge in [0.2, 0.25) is 5.91 Å². The maximum atomic E-state index is 11.5. The van der Waals surface area contributed by atoms with Gasteiger partial charge in [0.25, 0.3) is 0 Å². The number of amides is 1. The third-order valence-electron chi connectivity index (χ3n) is 2.93. The Morgan fingerprint density at radius 2 is 2.13 bits per heavy atom. The standard InChI is InChI=1S/C11H21NO3/c1-4-5-15-6-10(13)12-7-11(14,8-12)9(2)3/h9,14H,4-8H2,1-3H3. The van der Waals surface area contributed by atoms with E-state index in [9.17, 15) is 9.90 Å². The number of hydrogen-bond donors (Lipinski definition) is 1. The number of aliphatic hydroxyl groups is 1. The van der Waals surface area contributed by atoms with E-state index in [0.717, 1.165) is 6.42 Å². The second kappa shape index (κ2) is 4.94. The van der Waals surface area contributed by atoms with Crippen LogP contribution >= 0.6 is 0 Å². The third kappa shape index (κ3) is 2.92. The highest BCUT2D eigenvalue weighted by molar-refractivity contribution is 5.78. The van der Waals surface area contributed by atoms with Gasteiger partial charge in [0.15, 0.2) is 0 Å². The minimum atomic E-state index is -0.680. The van der Waals surface area contributed by atoms with E-state index in [0.29, 0.717) is 19.7 Å². The second-order valence-corrected chi connectivity index (χ2v) is 4.56. The van der Waals surface area contributed by atoms with Crippen LogP contribution in [-0.4, -0.2) is 47.8 Å². The normalized spacial score (nSPS) is 19.1. The number of ether oxygens (including phenoxy) is 1. The van der Waals surface area contributed by atoms with Crippen LogP contribution in [0, 0.1) is 5.92 Å². The van der Waals surface area contributed by atoms with Crippen LogP contribution < -0.4 is 0 Å². The zero-order valence-electron chi connectivity index (χ0n) is 9.82. The summed E-state index contributed by atoms with van der Waals surface area (Å²) in [6.45, 7) is 7.59. The summed E-state index contributed by atoms with van der Waals surface area (Å²) in [6, 6.07) is 0. The smallest absolute Gasteiger partial charge is 0.248 e. The Labute approximate surface area is 91.2 Å². The Morgan fingerprint density at radius 1 is 1.53 bits per heavy atom. The van der Waals surface area contributed by atoms with E-state index < -0.39 is 5.60 Å². The molecule has 4 heteroatoms. The van der Waals surface area contributed by atoms with Gasteiger partial charge >= 0.3 is 0 Å². The first-order valence-electron chi connectivity index (χ1n) is 5.57. The highest BCUT2D eigenvalue weighted by Crippen LogP contribution is 2.28. The fourth-order valence-corrected chi connectivity index (χ4v) is 1.55. The average molecular weight is 215 g/mol. The summed E-state index contributed by atoms with van der Waals surface area (Å²) in [5, 5.41) is 9.94. The number of hydrogen-bond acceptors (Lipinski definition) is 3. The van der Waals surface area contributed by atoms with Crippen LogP contribution in [-0.2, 0) is 9.53 Å². The van der Waals surface area contributed by atoms with E-state index in [1.165, 1.54) is 0 Å². The Morgan fingerprint density at radius 3 is 2.60 bits per heavy atom. The summed E-state index contributed by atoms with van der Waals surface area (Å²) in [4.78, 5) is 13.1. The quantitative estimate of drug-likeness (QED) is 0.685. The second-order valence-electron chi connectivity index (χ2n) is 4.56. The molecule has 88 valence electrons. The van der Waals surface area contributed by atoms with Crippen molar-refractivity contribution in [1.29, 1.82) is 0 Å². The molecule has 1 heterocycles. The molecule has 0 unspecified atom stereocenters. The monoisotopic (exact) mass is 215 g/mol. The molecule has 1 amide bonds. The van der Waals surface area contributed by atoms with E-state index in [4.69, 9.17) is 4.74 Å². The van der Waals surface area contributed by atoms with Crippen LogP contribution in [0.25, 0.3) is 0 Å². The lowest BCUT2D eigenvalue weighted by Gasteiger charge is -2.48. The van der Waals surface area contributed by atoms with E-state index in [2.05, 4.69) is 0 Å². The lowest BCUT2D eigenvalue weighted by Crippen LogP contribution is -2.66. The number of carbonyl (C=O) groups excluding carboxylic acids is 1. The van der Waals surface area contributed by atoms with Gasteiger partial charge in [0.05, 0.1) is 13.1 Å². The summed E-state index contributed by atoms with van der Waals surface area (Å²) in [5.41, 5.74) is -0.680. The summed E-state index contributed by atoms with van der Waals surface area (Å²) in [7, 11) is 0. The molecule has 0 aromatic heterocycles. The molecule has 0 spiro atoms. The summed E-state index contributed by atoms with van der Waals surface area (Å²) < 4.78 is 5.16. The maximum Gasteiger partial charge on any atom is 0.248 e. The molecule has 0 bridgehead atoms. The van der Waals surface area contributed by atoms with Crippen molar-refractivity contribution in [3.05, 3.63) is 0 Å². The van der Waals surface area contributed by atoms with Gasteiger partial charge in [-0.2, -0.15) is 0 Å². The van der Waals surface area contributed by atoms with Crippen molar-refractivity contribution < 1.29 is 14.6 Å². The van der Waals surface area contributed by atoms with E-state index in [1.807, 2.05) is 20.8 Å². The molecule has 0 atom stereocenters. The topological polar surface area (TPSA) is 49.8 Å². The Kier molecular flexibility index (Phi) is 4.11. The first-order valence-corrected chi connectivity index (χ1v) is 5.57. The highest BCUT2D eigenvalue weighted by Gasteiger charge is 2.45. The Balaban J connectivity index is 2.23. The molecule has 0 saturated carbocycles. The summed E-state index contributed by atoms with van der Waals surface area (Å²) in [5.74, 6) is 0.173. The molecule has 0 radical (unpaired) electrons. The van der Waals surface area contributed by atoms with Crippen molar-refractivity contribution in [3.8, 4) is 0 Å². The average Bonchev–Trinajstić information content (AvgIpc) is 2.12. The molecule has 1 N–H and O–H groups in total. The van der Waals surface area contributed by atoms with Gasteiger partial charge in [-0.05, 0) is 12.3 Å². The molecule has 1 fully saturated rings. The molecule has 0 aromatic carbocycles. The van der Waals surface area contributed by atoms with Crippen molar-refractivity contribution in [1.82, 2.24) is 4.90 Å². The highest BCUT2D eigenvalue weighted by atomic mass is 16.5. The minimum Gasteiger partial charge on any atom is -0.386 e. The van der Waals surface area contributed by atoms with E-state index in [1.54, 1.807) is 4.90 Å². The largest absolute Gasteiger partial charge is 0.386 e. The van der Waals surface area contributed by atoms with Crippen molar-refractivity contribution in [3.63, 3.8) is 0 Å². The molecular formula is C11H21NO3. The Bertz CT molecular complexity index is 222. The number of likely N-dealkylation sites (tertiary alicyclic amines) is 1. The van der Waals surface area contributed by atoms with Crippen LogP contribution in [0.5, 0.6) is 0 Å². The first-order chi connectivity index (χ1) is 6.99. The fraction of sp³-hybridized carbons (Fsp3) is 0.909. The lowest BCUT2D eigenvalue weighted by atomic mass is 9.83. The zero-order chi connectivity index (χ0) is 11.5. The van der Waals surface area contributed by atoms with Crippen molar-refractivity contribution in [2.45, 2.75) is 32.8 Å². The summed E-state index contributed by atoms with van der Waals surface area (Å²) in [6.07, 6.45) is 0.920. The van der Waals surface area contributed by atoms with Crippen LogP contribution in [0.2, 0.25) is 0 Å². The van der Waals surface area contributed by atoms with Gasteiger partial charge in [0, 0.05) is 6.61 Å². The SMILES string of the molecule is CCCOCC(=O)N1CC(O)(C(C)C)C1. The molecule has 1 rings (SSSR count). The molecule has 1 saturated heterocycles. The van der Waals surface area contributed by atoms with Gasteiger partial charge < -0.3 is 14.7 Å². The fourth-order valence-electron chi connectivity index (χ4n) is 1.55. The zero-order valence-corrected chi connectivity index (χ0v) is 9.82. The van der Waals surface area contributed by atoms with Gasteiger partial charge in [-0.1, -0.05) is 20.8 Å². The van der Waals surface area contributed by atoms with Crippen molar-refractivity contribution in [2.24, 2.45) is 5.92 Å². The molecular weight excluding hydrogens is 194 g/mol. The van der Waals surface area contributed by atoms with E-state index >= 15 is 0 Å². The van der Waals surface area contributed by atoms with Crippen molar-refractivity contribution >= 4 is 5.91 Å². The van der Waals surface area contributed by atoms with Gasteiger partial charge in [-0.3, -0.25) is 4.79 Å². The van der Waals surface area contributed by atoms with Crippen LogP contribution in [0.4, 0.5) is 0 Å². The lowest BCUT2D eigenvalue weighted by molar-refractivity contribution is -0.167. The van der Waals surface area contributed by atoms with Crippen molar-refractivity contribution in [2.75, 3.05) is 26.3 Å². The predicted octanol–water partition coefficient (Wildman–Crippen LogP) is 0.642. The predicted molar refractivity (Wildman–Crippen MR) is 57.5 cm³/mol. The number of carbonyl (C=O) groups is 1. The van der Waals surface area contributed by atoms with Gasteiger partial charge in [0.1, 0.15) is 12.2 Å². The van der Waals surface area contributed by atoms with Crippen LogP contribution in [0.15, 0.2) is 0 Å². The number of rotatable bonds is 5. The number of β-amino-alcohol motifs (C(OH)–C–C–N with tert-alkyl or cyclic N) is 1. The van der Waals surface area contributed by atoms with Crippen LogP contribution in [0.1, 0.15) is 27.2 Å². The third-order valence-corrected chi connectivity index (χ3v) is 2.93. The maximum absolute atomic E-state index is 11.5. The molecule has 0 aromatic rings. The Hall–Kier alpha value is -0.610. The molecule has 1 aliphatic heterocycles. The van der Waals surface area contributed by atoms with E-state index in [-0.39, 0.29) is 18.4 Å². The summed E-state index contributed by atoms with van der Waals surface area (Å²) >= 11 is 0. The molecule has 0 aliphatic carbocycles. The van der Waals surface area contributed by atoms with Gasteiger partial charge in [-0.15, -0.1) is 0 Å². The molecule has 4 nitrogen and oxygen atoms in total. The minimum absolute atomic E-state index is 0.0197. The van der Waals surface area contributed by atoms with Gasteiger partial charge in [-0.25, -0.2) is 0 Å². The molecule has 15 heavy (non-hydrogen) atoms. The van der Waals surface area contributed by atoms with Crippen LogP contribution in [0.3, 0.4) is 0 Å².